The number of hydrogen-bond acceptors (Lipinski definition) is 6. The molecule has 0 atom stereocenters. The molecule has 0 radical (unpaired) electrons. The molecule has 0 spiro atoms. The zero-order valence-electron chi connectivity index (χ0n) is 9.91. The summed E-state index contributed by atoms with van der Waals surface area (Å²) in [6, 6.07) is 5.06. The average molecular weight is 272 g/mol. The molecular formula is C14H8O6. The van der Waals surface area contributed by atoms with Crippen molar-refractivity contribution >= 4 is 32.9 Å². The standard InChI is InChI=1S/C14H8O6/c15-10-9-6-4-7-5(1-2-19-7)3-8(6)20-14(9)13(18)12(17)11(10)16/h1-4,15-18H. The van der Waals surface area contributed by atoms with Gasteiger partial charge in [0, 0.05) is 10.8 Å². The second kappa shape index (κ2) is 3.30. The van der Waals surface area contributed by atoms with E-state index in [1.807, 2.05) is 0 Å². The molecule has 0 fully saturated rings. The van der Waals surface area contributed by atoms with Crippen LogP contribution in [-0.2, 0) is 0 Å². The lowest BCUT2D eigenvalue weighted by Gasteiger charge is -2.04. The number of phenols is 4. The Hall–Kier alpha value is -3.02. The molecule has 0 saturated heterocycles. The fourth-order valence-corrected chi connectivity index (χ4v) is 2.40. The molecule has 2 aromatic carbocycles. The molecule has 4 N–H and O–H groups in total. The van der Waals surface area contributed by atoms with E-state index in [4.69, 9.17) is 8.83 Å². The molecule has 2 heterocycles. The highest BCUT2D eigenvalue weighted by molar-refractivity contribution is 6.14. The van der Waals surface area contributed by atoms with Crippen molar-refractivity contribution < 1.29 is 29.3 Å². The first kappa shape index (κ1) is 10.9. The molecule has 2 aromatic heterocycles. The van der Waals surface area contributed by atoms with Crippen LogP contribution in [0.15, 0.2) is 33.3 Å². The normalized spacial score (nSPS) is 11.8. The lowest BCUT2D eigenvalue weighted by molar-refractivity contribution is 0.348. The molecule has 0 aliphatic carbocycles. The van der Waals surface area contributed by atoms with E-state index in [0.29, 0.717) is 16.6 Å². The summed E-state index contributed by atoms with van der Waals surface area (Å²) in [6.45, 7) is 0. The summed E-state index contributed by atoms with van der Waals surface area (Å²) in [5.74, 6) is -2.79. The number of hydrogen-bond donors (Lipinski definition) is 4. The maximum atomic E-state index is 9.96. The highest BCUT2D eigenvalue weighted by Crippen LogP contribution is 2.52. The molecule has 100 valence electrons. The van der Waals surface area contributed by atoms with Gasteiger partial charge in [-0.2, -0.15) is 0 Å². The Morgan fingerprint density at radius 3 is 2.35 bits per heavy atom. The molecule has 0 unspecified atom stereocenters. The molecule has 0 saturated carbocycles. The Morgan fingerprint density at radius 1 is 0.800 bits per heavy atom. The summed E-state index contributed by atoms with van der Waals surface area (Å²) in [5.41, 5.74) is 0.872. The van der Waals surface area contributed by atoms with Gasteiger partial charge in [0.05, 0.1) is 11.6 Å². The molecule has 6 nitrogen and oxygen atoms in total. The average Bonchev–Trinajstić information content (AvgIpc) is 3.03. The number of furan rings is 2. The van der Waals surface area contributed by atoms with Gasteiger partial charge in [0.15, 0.2) is 11.3 Å². The van der Waals surface area contributed by atoms with Crippen molar-refractivity contribution in [2.45, 2.75) is 0 Å². The summed E-state index contributed by atoms with van der Waals surface area (Å²) in [6.07, 6.45) is 1.52. The van der Waals surface area contributed by atoms with Gasteiger partial charge in [-0.1, -0.05) is 0 Å². The third kappa shape index (κ3) is 1.13. The molecule has 6 heteroatoms. The van der Waals surface area contributed by atoms with Crippen LogP contribution in [0.3, 0.4) is 0 Å². The highest BCUT2D eigenvalue weighted by atomic mass is 16.4. The van der Waals surface area contributed by atoms with Crippen LogP contribution < -0.4 is 0 Å². The van der Waals surface area contributed by atoms with Crippen molar-refractivity contribution in [3.8, 4) is 23.0 Å². The predicted molar refractivity (Wildman–Crippen MR) is 70.2 cm³/mol. The minimum Gasteiger partial charge on any atom is -0.504 e. The van der Waals surface area contributed by atoms with Crippen LogP contribution >= 0.6 is 0 Å². The second-order valence-corrected chi connectivity index (χ2v) is 4.51. The van der Waals surface area contributed by atoms with Gasteiger partial charge in [-0.15, -0.1) is 0 Å². The zero-order valence-corrected chi connectivity index (χ0v) is 9.91. The maximum Gasteiger partial charge on any atom is 0.208 e. The summed E-state index contributed by atoms with van der Waals surface area (Å²) < 4.78 is 10.7. The van der Waals surface area contributed by atoms with Crippen LogP contribution in [0.1, 0.15) is 0 Å². The van der Waals surface area contributed by atoms with E-state index in [0.717, 1.165) is 5.39 Å². The van der Waals surface area contributed by atoms with Crippen LogP contribution in [-0.4, -0.2) is 20.4 Å². The van der Waals surface area contributed by atoms with Gasteiger partial charge in [0.1, 0.15) is 11.2 Å². The summed E-state index contributed by atoms with van der Waals surface area (Å²) in [5, 5.41) is 40.3. The first-order chi connectivity index (χ1) is 9.58. The molecule has 0 aliphatic heterocycles. The fourth-order valence-electron chi connectivity index (χ4n) is 2.40. The van der Waals surface area contributed by atoms with E-state index in [9.17, 15) is 20.4 Å². The fraction of sp³-hybridized carbons (Fsp3) is 0. The van der Waals surface area contributed by atoms with Gasteiger partial charge in [-0.05, 0) is 18.2 Å². The van der Waals surface area contributed by atoms with Gasteiger partial charge in [-0.3, -0.25) is 0 Å². The Kier molecular flexibility index (Phi) is 1.79. The monoisotopic (exact) mass is 272 g/mol. The van der Waals surface area contributed by atoms with Crippen molar-refractivity contribution in [3.63, 3.8) is 0 Å². The third-order valence-corrected chi connectivity index (χ3v) is 3.39. The quantitative estimate of drug-likeness (QED) is 0.289. The van der Waals surface area contributed by atoms with Crippen LogP contribution in [0.25, 0.3) is 32.9 Å². The van der Waals surface area contributed by atoms with Gasteiger partial charge >= 0.3 is 0 Å². The Bertz CT molecular complexity index is 992. The molecule has 4 rings (SSSR count). The second-order valence-electron chi connectivity index (χ2n) is 4.51. The molecule has 0 bridgehead atoms. The summed E-state index contributed by atoms with van der Waals surface area (Å²) in [4.78, 5) is 0. The van der Waals surface area contributed by atoms with Crippen LogP contribution in [0, 0.1) is 0 Å². The van der Waals surface area contributed by atoms with Crippen molar-refractivity contribution in [3.05, 3.63) is 24.5 Å². The topological polar surface area (TPSA) is 107 Å². The lowest BCUT2D eigenvalue weighted by Crippen LogP contribution is -1.76. The summed E-state index contributed by atoms with van der Waals surface area (Å²) >= 11 is 0. The number of benzene rings is 2. The number of phenolic OH excluding ortho intramolecular Hbond substituents is 4. The van der Waals surface area contributed by atoms with Gasteiger partial charge in [0.2, 0.25) is 17.2 Å². The van der Waals surface area contributed by atoms with E-state index < -0.39 is 23.0 Å². The molecular weight excluding hydrogens is 264 g/mol. The number of rotatable bonds is 0. The van der Waals surface area contributed by atoms with Crippen molar-refractivity contribution in [1.29, 1.82) is 0 Å². The molecule has 4 aromatic rings. The van der Waals surface area contributed by atoms with E-state index in [2.05, 4.69) is 0 Å². The number of fused-ring (bicyclic) bond motifs is 4. The van der Waals surface area contributed by atoms with Crippen molar-refractivity contribution in [2.24, 2.45) is 0 Å². The van der Waals surface area contributed by atoms with E-state index in [1.54, 1.807) is 18.2 Å². The van der Waals surface area contributed by atoms with Gasteiger partial charge < -0.3 is 29.3 Å². The van der Waals surface area contributed by atoms with Gasteiger partial charge in [0.25, 0.3) is 0 Å². The van der Waals surface area contributed by atoms with Crippen LogP contribution in [0.4, 0.5) is 0 Å². The van der Waals surface area contributed by atoms with Crippen LogP contribution in [0.2, 0.25) is 0 Å². The minimum absolute atomic E-state index is 0.0968. The van der Waals surface area contributed by atoms with Crippen molar-refractivity contribution in [2.75, 3.05) is 0 Å². The Balaban J connectivity index is 2.32. The van der Waals surface area contributed by atoms with Crippen molar-refractivity contribution in [1.82, 2.24) is 0 Å². The largest absolute Gasteiger partial charge is 0.504 e. The molecule has 0 amide bonds. The first-order valence-electron chi connectivity index (χ1n) is 5.77. The molecule has 20 heavy (non-hydrogen) atoms. The SMILES string of the molecule is Oc1c(O)c(O)c2c(oc3cc4ccoc4cc32)c1O. The van der Waals surface area contributed by atoms with E-state index in [1.165, 1.54) is 6.26 Å². The van der Waals surface area contributed by atoms with E-state index >= 15 is 0 Å². The first-order valence-corrected chi connectivity index (χ1v) is 5.77. The Morgan fingerprint density at radius 2 is 1.55 bits per heavy atom. The lowest BCUT2D eigenvalue weighted by atomic mass is 10.1. The maximum absolute atomic E-state index is 9.96. The smallest absolute Gasteiger partial charge is 0.208 e. The van der Waals surface area contributed by atoms with E-state index in [-0.39, 0.29) is 11.0 Å². The van der Waals surface area contributed by atoms with Gasteiger partial charge in [-0.25, -0.2) is 0 Å². The third-order valence-electron chi connectivity index (χ3n) is 3.39. The highest BCUT2D eigenvalue weighted by Gasteiger charge is 2.24. The molecule has 0 aliphatic rings. The van der Waals surface area contributed by atoms with Crippen LogP contribution in [0.5, 0.6) is 23.0 Å². The number of aromatic hydroxyl groups is 4. The summed E-state index contributed by atoms with van der Waals surface area (Å²) in [7, 11) is 0. The predicted octanol–water partition coefficient (Wildman–Crippen LogP) is 3.15. The minimum atomic E-state index is -0.822. The zero-order chi connectivity index (χ0) is 14.0. The Labute approximate surface area is 110 Å².